The maximum absolute atomic E-state index is 11.1. The van der Waals surface area contributed by atoms with Gasteiger partial charge in [0.05, 0.1) is 0 Å². The molecule has 0 aromatic carbocycles. The molecule has 0 unspecified atom stereocenters. The van der Waals surface area contributed by atoms with Crippen molar-refractivity contribution in [1.82, 2.24) is 5.32 Å². The van der Waals surface area contributed by atoms with E-state index in [9.17, 15) is 4.79 Å². The minimum Gasteiger partial charge on any atom is -0.354 e. The van der Waals surface area contributed by atoms with Crippen molar-refractivity contribution < 1.29 is 4.79 Å². The van der Waals surface area contributed by atoms with Crippen LogP contribution in [-0.2, 0) is 4.79 Å². The molecule has 2 nitrogen and oxygen atoms in total. The topological polar surface area (TPSA) is 29.1 Å². The highest BCUT2D eigenvalue weighted by atomic mass is 16.1. The molecule has 0 aliphatic rings. The molecule has 0 radical (unpaired) electrons. The van der Waals surface area contributed by atoms with Crippen LogP contribution in [0.25, 0.3) is 0 Å². The van der Waals surface area contributed by atoms with Gasteiger partial charge in [0.1, 0.15) is 0 Å². The third-order valence-electron chi connectivity index (χ3n) is 4.07. The van der Waals surface area contributed by atoms with Crippen LogP contribution in [0.3, 0.4) is 0 Å². The molecule has 1 atom stereocenters. The molecule has 0 rings (SSSR count). The lowest BCUT2D eigenvalue weighted by Crippen LogP contribution is -2.32. The number of amides is 1. The first-order chi connectivity index (χ1) is 9.60. The Kier molecular flexibility index (Phi) is 13.1. The molecule has 0 fully saturated rings. The Morgan fingerprint density at radius 3 is 1.80 bits per heavy atom. The molecule has 2 heteroatoms. The molecule has 20 heavy (non-hydrogen) atoms. The van der Waals surface area contributed by atoms with E-state index in [2.05, 4.69) is 26.1 Å². The van der Waals surface area contributed by atoms with Crippen molar-refractivity contribution in [2.75, 3.05) is 0 Å². The van der Waals surface area contributed by atoms with E-state index in [-0.39, 0.29) is 5.91 Å². The predicted octanol–water partition coefficient (Wildman–Crippen LogP) is 5.46. The summed E-state index contributed by atoms with van der Waals surface area (Å²) < 4.78 is 0. The largest absolute Gasteiger partial charge is 0.354 e. The quantitative estimate of drug-likeness (QED) is 0.447. The van der Waals surface area contributed by atoms with Gasteiger partial charge in [0.15, 0.2) is 0 Å². The fourth-order valence-corrected chi connectivity index (χ4v) is 3.01. The van der Waals surface area contributed by atoms with Gasteiger partial charge in [0.2, 0.25) is 5.91 Å². The third kappa shape index (κ3) is 12.5. The molecular weight excluding hydrogens is 246 g/mol. The summed E-state index contributed by atoms with van der Waals surface area (Å²) in [5.74, 6) is 0.902. The van der Waals surface area contributed by atoms with Crippen molar-refractivity contribution >= 4 is 5.91 Å². The van der Waals surface area contributed by atoms with Crippen molar-refractivity contribution in [3.05, 3.63) is 0 Å². The van der Waals surface area contributed by atoms with E-state index in [4.69, 9.17) is 0 Å². The highest BCUT2D eigenvalue weighted by molar-refractivity contribution is 5.73. The van der Waals surface area contributed by atoms with Crippen molar-refractivity contribution in [2.45, 2.75) is 104 Å². The van der Waals surface area contributed by atoms with Gasteiger partial charge in [-0.2, -0.15) is 0 Å². The first kappa shape index (κ1) is 19.5. The number of nitrogens with one attached hydrogen (secondary N) is 1. The molecule has 0 spiro atoms. The van der Waals surface area contributed by atoms with Gasteiger partial charge in [-0.25, -0.2) is 0 Å². The molecule has 0 heterocycles. The molecule has 0 aromatic heterocycles. The van der Waals surface area contributed by atoms with Gasteiger partial charge in [-0.15, -0.1) is 0 Å². The molecule has 0 saturated heterocycles. The summed E-state index contributed by atoms with van der Waals surface area (Å²) >= 11 is 0. The number of carbonyl (C=O) groups excluding carboxylic acids is 1. The minimum atomic E-state index is 0.105. The Hall–Kier alpha value is -0.530. The van der Waals surface area contributed by atoms with Gasteiger partial charge >= 0.3 is 0 Å². The van der Waals surface area contributed by atoms with Crippen molar-refractivity contribution in [3.8, 4) is 0 Å². The monoisotopic (exact) mass is 283 g/mol. The molecule has 0 aliphatic carbocycles. The third-order valence-corrected chi connectivity index (χ3v) is 4.07. The fourth-order valence-electron chi connectivity index (χ4n) is 3.01. The zero-order valence-corrected chi connectivity index (χ0v) is 14.3. The lowest BCUT2D eigenvalue weighted by atomic mass is 9.89. The van der Waals surface area contributed by atoms with Gasteiger partial charge in [0.25, 0.3) is 0 Å². The zero-order valence-electron chi connectivity index (χ0n) is 14.3. The van der Waals surface area contributed by atoms with E-state index in [1.807, 2.05) is 0 Å². The standard InChI is InChI=1S/C18H37NO/c1-5-7-9-11-13-18(14-12-10-8-6-2)15-16(3)19-17(4)20/h16,18H,5-15H2,1-4H3,(H,19,20)/t16-/m0/s1. The average Bonchev–Trinajstić information content (AvgIpc) is 2.38. The van der Waals surface area contributed by atoms with Crippen molar-refractivity contribution in [2.24, 2.45) is 5.92 Å². The van der Waals surface area contributed by atoms with Crippen molar-refractivity contribution in [3.63, 3.8) is 0 Å². The molecular formula is C18H37NO. The maximum Gasteiger partial charge on any atom is 0.217 e. The van der Waals surface area contributed by atoms with E-state index in [0.717, 1.165) is 12.3 Å². The van der Waals surface area contributed by atoms with Crippen LogP contribution < -0.4 is 5.32 Å². The van der Waals surface area contributed by atoms with Crippen LogP contribution in [0.2, 0.25) is 0 Å². The molecule has 1 N–H and O–H groups in total. The summed E-state index contributed by atoms with van der Waals surface area (Å²) in [7, 11) is 0. The maximum atomic E-state index is 11.1. The zero-order chi connectivity index (χ0) is 15.2. The Morgan fingerprint density at radius 1 is 0.900 bits per heavy atom. The van der Waals surface area contributed by atoms with Crippen LogP contribution in [0.15, 0.2) is 0 Å². The average molecular weight is 284 g/mol. The van der Waals surface area contributed by atoms with Gasteiger partial charge in [0, 0.05) is 13.0 Å². The second-order valence-electron chi connectivity index (χ2n) is 6.40. The van der Waals surface area contributed by atoms with Crippen LogP contribution in [0.5, 0.6) is 0 Å². The highest BCUT2D eigenvalue weighted by Crippen LogP contribution is 2.23. The number of rotatable bonds is 13. The molecule has 0 aromatic rings. The summed E-state index contributed by atoms with van der Waals surface area (Å²) in [6, 6.07) is 0.329. The van der Waals surface area contributed by atoms with E-state index in [0.29, 0.717) is 6.04 Å². The highest BCUT2D eigenvalue weighted by Gasteiger charge is 2.13. The summed E-state index contributed by atoms with van der Waals surface area (Å²) in [6.07, 6.45) is 14.6. The van der Waals surface area contributed by atoms with Crippen molar-refractivity contribution in [1.29, 1.82) is 0 Å². The first-order valence-corrected chi connectivity index (χ1v) is 8.87. The van der Waals surface area contributed by atoms with Gasteiger partial charge in [-0.3, -0.25) is 4.79 Å². The number of hydrogen-bond donors (Lipinski definition) is 1. The Labute approximate surface area is 127 Å². The lowest BCUT2D eigenvalue weighted by molar-refractivity contribution is -0.119. The van der Waals surface area contributed by atoms with E-state index in [1.54, 1.807) is 6.92 Å². The molecule has 0 bridgehead atoms. The van der Waals surface area contributed by atoms with Crippen LogP contribution >= 0.6 is 0 Å². The number of unbranched alkanes of at least 4 members (excludes halogenated alkanes) is 6. The Balaban J connectivity index is 3.98. The second-order valence-corrected chi connectivity index (χ2v) is 6.40. The first-order valence-electron chi connectivity index (χ1n) is 8.87. The Morgan fingerprint density at radius 2 is 1.40 bits per heavy atom. The number of carbonyl (C=O) groups is 1. The number of hydrogen-bond acceptors (Lipinski definition) is 1. The second kappa shape index (κ2) is 13.5. The van der Waals surface area contributed by atoms with E-state index in [1.165, 1.54) is 64.2 Å². The summed E-state index contributed by atoms with van der Waals surface area (Å²) in [6.45, 7) is 8.29. The summed E-state index contributed by atoms with van der Waals surface area (Å²) in [5, 5.41) is 3.04. The van der Waals surface area contributed by atoms with Gasteiger partial charge < -0.3 is 5.32 Å². The molecule has 0 aliphatic heterocycles. The summed E-state index contributed by atoms with van der Waals surface area (Å²) in [5.41, 5.74) is 0. The van der Waals surface area contributed by atoms with Gasteiger partial charge in [-0.05, 0) is 19.3 Å². The predicted molar refractivity (Wildman–Crippen MR) is 88.9 cm³/mol. The normalized spacial score (nSPS) is 12.7. The molecule has 1 amide bonds. The smallest absolute Gasteiger partial charge is 0.217 e. The SMILES string of the molecule is CCCCCCC(CCCCCC)C[C@H](C)NC(C)=O. The summed E-state index contributed by atoms with van der Waals surface area (Å²) in [4.78, 5) is 11.1. The lowest BCUT2D eigenvalue weighted by Gasteiger charge is -2.21. The fraction of sp³-hybridized carbons (Fsp3) is 0.944. The van der Waals surface area contributed by atoms with Crippen LogP contribution in [-0.4, -0.2) is 11.9 Å². The minimum absolute atomic E-state index is 0.105. The van der Waals surface area contributed by atoms with Crippen LogP contribution in [0, 0.1) is 5.92 Å². The van der Waals surface area contributed by atoms with Crippen LogP contribution in [0.1, 0.15) is 98.3 Å². The Bertz CT molecular complexity index is 215. The van der Waals surface area contributed by atoms with Crippen LogP contribution in [0.4, 0.5) is 0 Å². The van der Waals surface area contributed by atoms with E-state index < -0.39 is 0 Å². The van der Waals surface area contributed by atoms with Gasteiger partial charge in [-0.1, -0.05) is 78.1 Å². The molecule has 120 valence electrons. The molecule has 0 saturated carbocycles. The van der Waals surface area contributed by atoms with E-state index >= 15 is 0 Å².